The van der Waals surface area contributed by atoms with Crippen LogP contribution in [0.2, 0.25) is 0 Å². The van der Waals surface area contributed by atoms with E-state index in [0.717, 1.165) is 24.3 Å². The number of thioether (sulfide) groups is 1. The fraction of sp³-hybridized carbons (Fsp3) is 0.760. The van der Waals surface area contributed by atoms with Crippen LogP contribution < -0.4 is 0 Å². The first-order chi connectivity index (χ1) is 15.5. The molecule has 0 aromatic heterocycles. The first-order valence-electron chi connectivity index (χ1n) is 12.0. The second-order valence-electron chi connectivity index (χ2n) is 10.8. The molecule has 0 aromatic rings. The zero-order valence-electron chi connectivity index (χ0n) is 19.5. The fourth-order valence-corrected chi connectivity index (χ4v) is 8.46. The first kappa shape index (κ1) is 23.3. The van der Waals surface area contributed by atoms with Gasteiger partial charge in [-0.15, -0.1) is 0 Å². The molecule has 8 heteroatoms. The van der Waals surface area contributed by atoms with Gasteiger partial charge in [-0.1, -0.05) is 25.6 Å². The number of halogens is 2. The summed E-state index contributed by atoms with van der Waals surface area (Å²) in [6, 6.07) is 0. The van der Waals surface area contributed by atoms with E-state index in [9.17, 15) is 14.7 Å². The third-order valence-electron chi connectivity index (χ3n) is 9.37. The molecule has 3 saturated carbocycles. The van der Waals surface area contributed by atoms with Crippen LogP contribution in [-0.4, -0.2) is 46.5 Å². The van der Waals surface area contributed by atoms with Gasteiger partial charge in [0.25, 0.3) is 0 Å². The molecular weight excluding hydrogens is 450 g/mol. The van der Waals surface area contributed by atoms with Crippen molar-refractivity contribution in [2.75, 3.05) is 6.26 Å². The minimum atomic E-state index is -2.24. The molecule has 3 fully saturated rings. The standard InChI is InChI=1S/C25H32F2O5S/c1-5-6-19-31-20-17(28)10-15-16(26)9-14-12-7-8-13(22(30)33-4)23(12,2)11-18(29)25(14,27)24(15,3)21(20)32-19/h10,12-14,16,18-19,29H,5-9,11H2,1-4H3/t12-,13+,14-,16-,18-,19?,23-,24+,25-/m0/s1. The monoisotopic (exact) mass is 482 g/mol. The van der Waals surface area contributed by atoms with Gasteiger partial charge in [-0.25, -0.2) is 8.78 Å². The molecule has 5 rings (SSSR count). The Morgan fingerprint density at radius 2 is 2.00 bits per heavy atom. The van der Waals surface area contributed by atoms with E-state index in [0.29, 0.717) is 19.3 Å². The van der Waals surface area contributed by atoms with Gasteiger partial charge in [-0.2, -0.15) is 0 Å². The highest BCUT2D eigenvalue weighted by atomic mass is 32.2. The summed E-state index contributed by atoms with van der Waals surface area (Å²) in [4.78, 5) is 25.5. The van der Waals surface area contributed by atoms with Gasteiger partial charge in [0, 0.05) is 18.3 Å². The van der Waals surface area contributed by atoms with E-state index >= 15 is 8.78 Å². The van der Waals surface area contributed by atoms with Gasteiger partial charge in [0.05, 0.1) is 11.5 Å². The molecule has 5 aliphatic rings. The number of hydrogen-bond acceptors (Lipinski definition) is 6. The third kappa shape index (κ3) is 2.79. The predicted octanol–water partition coefficient (Wildman–Crippen LogP) is 4.64. The van der Waals surface area contributed by atoms with Gasteiger partial charge < -0.3 is 14.6 Å². The van der Waals surface area contributed by atoms with Crippen LogP contribution in [0.5, 0.6) is 0 Å². The molecule has 4 aliphatic carbocycles. The first-order valence-corrected chi connectivity index (χ1v) is 13.2. The zero-order chi connectivity index (χ0) is 23.9. The van der Waals surface area contributed by atoms with Crippen LogP contribution in [0.15, 0.2) is 23.2 Å². The molecular formula is C25H32F2O5S. The Kier molecular flexibility index (Phi) is 5.33. The maximum absolute atomic E-state index is 17.6. The average Bonchev–Trinajstić information content (AvgIpc) is 3.34. The second-order valence-corrected chi connectivity index (χ2v) is 11.6. The number of aliphatic hydroxyl groups excluding tert-OH is 1. The maximum Gasteiger partial charge on any atom is 0.241 e. The SMILES string of the molecule is CCCC1OC2=C(O1)[C@@]1(C)C(=CC2=O)[C@@H](F)C[C@H]2[C@@H]3CC[C@H](C(=O)SC)[C@@]3(C)C[C@H](O)[C@@]21F. The van der Waals surface area contributed by atoms with Crippen molar-refractivity contribution in [3.8, 4) is 0 Å². The predicted molar refractivity (Wildman–Crippen MR) is 119 cm³/mol. The van der Waals surface area contributed by atoms with E-state index in [-0.39, 0.29) is 46.9 Å². The molecule has 1 heterocycles. The summed E-state index contributed by atoms with van der Waals surface area (Å²) in [7, 11) is 0. The van der Waals surface area contributed by atoms with Crippen LogP contribution in [0.3, 0.4) is 0 Å². The van der Waals surface area contributed by atoms with Gasteiger partial charge in [0.1, 0.15) is 6.17 Å². The Bertz CT molecular complexity index is 964. The zero-order valence-corrected chi connectivity index (χ0v) is 20.3. The molecule has 1 unspecified atom stereocenters. The summed E-state index contributed by atoms with van der Waals surface area (Å²) < 4.78 is 45.1. The van der Waals surface area contributed by atoms with Crippen LogP contribution >= 0.6 is 11.8 Å². The number of ether oxygens (including phenoxy) is 2. The third-order valence-corrected chi connectivity index (χ3v) is 10.1. The molecule has 5 nitrogen and oxygen atoms in total. The molecule has 0 spiro atoms. The lowest BCUT2D eigenvalue weighted by atomic mass is 9.44. The van der Waals surface area contributed by atoms with Gasteiger partial charge in [-0.3, -0.25) is 9.59 Å². The van der Waals surface area contributed by atoms with Crippen molar-refractivity contribution in [2.45, 2.75) is 83.5 Å². The van der Waals surface area contributed by atoms with Crippen molar-refractivity contribution in [3.05, 3.63) is 23.2 Å². The highest BCUT2D eigenvalue weighted by Crippen LogP contribution is 2.71. The summed E-state index contributed by atoms with van der Waals surface area (Å²) in [6.45, 7) is 5.46. The number of allylic oxidation sites excluding steroid dienone is 2. The Morgan fingerprint density at radius 3 is 2.67 bits per heavy atom. The van der Waals surface area contributed by atoms with E-state index < -0.39 is 46.8 Å². The normalized spacial score (nSPS) is 48.2. The van der Waals surface area contributed by atoms with Crippen LogP contribution in [0.25, 0.3) is 0 Å². The lowest BCUT2D eigenvalue weighted by Gasteiger charge is -2.62. The van der Waals surface area contributed by atoms with Crippen molar-refractivity contribution in [1.29, 1.82) is 0 Å². The number of hydrogen-bond donors (Lipinski definition) is 1. The van der Waals surface area contributed by atoms with E-state index in [4.69, 9.17) is 9.47 Å². The smallest absolute Gasteiger partial charge is 0.241 e. The van der Waals surface area contributed by atoms with E-state index in [2.05, 4.69) is 0 Å². The summed E-state index contributed by atoms with van der Waals surface area (Å²) in [5.74, 6) is -1.90. The number of carbonyl (C=O) groups is 2. The molecule has 0 aromatic carbocycles. The number of fused-ring (bicyclic) bond motifs is 6. The maximum atomic E-state index is 17.6. The van der Waals surface area contributed by atoms with Gasteiger partial charge in [0.15, 0.2) is 16.5 Å². The minimum Gasteiger partial charge on any atom is -0.454 e. The lowest BCUT2D eigenvalue weighted by molar-refractivity contribution is -0.212. The van der Waals surface area contributed by atoms with Crippen molar-refractivity contribution in [2.24, 2.45) is 28.6 Å². The summed E-state index contributed by atoms with van der Waals surface area (Å²) in [5.41, 5.74) is -4.46. The van der Waals surface area contributed by atoms with Crippen molar-refractivity contribution in [3.63, 3.8) is 0 Å². The van der Waals surface area contributed by atoms with Crippen LogP contribution in [0.1, 0.15) is 59.3 Å². The number of ketones is 1. The van der Waals surface area contributed by atoms with Crippen molar-refractivity contribution in [1.82, 2.24) is 0 Å². The molecule has 182 valence electrons. The quantitative estimate of drug-likeness (QED) is 0.632. The summed E-state index contributed by atoms with van der Waals surface area (Å²) in [6.07, 6.45) is 1.66. The molecule has 1 N–H and O–H groups in total. The summed E-state index contributed by atoms with van der Waals surface area (Å²) in [5, 5.41) is 11.5. The summed E-state index contributed by atoms with van der Waals surface area (Å²) >= 11 is 1.16. The molecule has 33 heavy (non-hydrogen) atoms. The molecule has 9 atom stereocenters. The molecule has 0 amide bonds. The highest BCUT2D eigenvalue weighted by Gasteiger charge is 2.75. The van der Waals surface area contributed by atoms with E-state index in [1.54, 1.807) is 13.2 Å². The Morgan fingerprint density at radius 1 is 1.27 bits per heavy atom. The highest BCUT2D eigenvalue weighted by molar-refractivity contribution is 8.13. The van der Waals surface area contributed by atoms with Gasteiger partial charge >= 0.3 is 0 Å². The Hall–Kier alpha value is -1.41. The molecule has 0 radical (unpaired) electrons. The Balaban J connectivity index is 1.62. The van der Waals surface area contributed by atoms with E-state index in [1.807, 2.05) is 13.8 Å². The number of aliphatic hydroxyl groups is 1. The lowest BCUT2D eigenvalue weighted by Crippen LogP contribution is -2.69. The van der Waals surface area contributed by atoms with Crippen molar-refractivity contribution >= 4 is 22.7 Å². The second kappa shape index (κ2) is 7.54. The van der Waals surface area contributed by atoms with Crippen molar-refractivity contribution < 1.29 is 33.0 Å². The number of carbonyl (C=O) groups excluding carboxylic acids is 2. The van der Waals surface area contributed by atoms with Gasteiger partial charge in [0.2, 0.25) is 17.8 Å². The van der Waals surface area contributed by atoms with Crippen LogP contribution in [-0.2, 0) is 19.1 Å². The molecule has 0 saturated heterocycles. The largest absolute Gasteiger partial charge is 0.454 e. The molecule has 0 bridgehead atoms. The minimum absolute atomic E-state index is 0.0238. The number of rotatable bonds is 3. The topological polar surface area (TPSA) is 72.8 Å². The van der Waals surface area contributed by atoms with Crippen LogP contribution in [0, 0.1) is 28.6 Å². The Labute approximate surface area is 197 Å². The van der Waals surface area contributed by atoms with Gasteiger partial charge in [-0.05, 0) is 68.3 Å². The number of alkyl halides is 2. The fourth-order valence-electron chi connectivity index (χ4n) is 7.79. The molecule has 1 aliphatic heterocycles. The average molecular weight is 483 g/mol. The van der Waals surface area contributed by atoms with Crippen LogP contribution in [0.4, 0.5) is 8.78 Å². The van der Waals surface area contributed by atoms with E-state index in [1.165, 1.54) is 0 Å².